The molecule has 1 amide bonds. The number of pyridine rings is 1. The summed E-state index contributed by atoms with van der Waals surface area (Å²) in [5.74, 6) is -0.489. The first kappa shape index (κ1) is 18.4. The molecule has 3 heterocycles. The highest BCUT2D eigenvalue weighted by Crippen LogP contribution is 2.21. The number of carbonyl (C=O) groups is 1. The highest BCUT2D eigenvalue weighted by atomic mass is 35.5. The fourth-order valence-electron chi connectivity index (χ4n) is 3.31. The Kier molecular flexibility index (Phi) is 4.72. The Morgan fingerprint density at radius 2 is 1.93 bits per heavy atom. The van der Waals surface area contributed by atoms with Gasteiger partial charge in [-0.05, 0) is 24.3 Å². The molecule has 0 aliphatic carbocycles. The van der Waals surface area contributed by atoms with Gasteiger partial charge in [-0.1, -0.05) is 11.6 Å². The molecule has 4 rings (SSSR count). The van der Waals surface area contributed by atoms with E-state index in [9.17, 15) is 14.0 Å². The van der Waals surface area contributed by atoms with Crippen molar-refractivity contribution in [2.75, 3.05) is 31.1 Å². The van der Waals surface area contributed by atoms with Gasteiger partial charge in [-0.25, -0.2) is 9.37 Å². The largest absolute Gasteiger partial charge is 0.348 e. The minimum atomic E-state index is -0.510. The molecular formula is C19H17ClFN5O2. The molecular weight excluding hydrogens is 385 g/mol. The van der Waals surface area contributed by atoms with Gasteiger partial charge >= 0.3 is 0 Å². The Balaban J connectivity index is 1.55. The number of aromatic nitrogens is 3. The van der Waals surface area contributed by atoms with E-state index in [0.29, 0.717) is 43.0 Å². The number of rotatable bonds is 2. The second-order valence-electron chi connectivity index (χ2n) is 6.57. The zero-order valence-electron chi connectivity index (χ0n) is 15.1. The van der Waals surface area contributed by atoms with Crippen LogP contribution in [0.1, 0.15) is 10.4 Å². The van der Waals surface area contributed by atoms with E-state index < -0.39 is 5.82 Å². The lowest BCUT2D eigenvalue weighted by molar-refractivity contribution is 0.0746. The van der Waals surface area contributed by atoms with Crippen LogP contribution in [0.5, 0.6) is 0 Å². The van der Waals surface area contributed by atoms with Crippen molar-refractivity contribution in [1.29, 1.82) is 0 Å². The molecule has 3 aromatic rings. The summed E-state index contributed by atoms with van der Waals surface area (Å²) in [6.07, 6.45) is 3.23. The highest BCUT2D eigenvalue weighted by molar-refractivity contribution is 6.33. The molecule has 1 saturated heterocycles. The summed E-state index contributed by atoms with van der Waals surface area (Å²) in [5.41, 5.74) is 1.26. The average molecular weight is 402 g/mol. The number of aryl methyl sites for hydroxylation is 1. The van der Waals surface area contributed by atoms with Gasteiger partial charge in [0.05, 0.1) is 27.8 Å². The van der Waals surface area contributed by atoms with Gasteiger partial charge in [-0.3, -0.25) is 14.6 Å². The SMILES string of the molecule is Cn1c(=O)c(N2CCN(C(=O)c3cc(F)ccc3Cl)CC2)nc2ccncc21. The Bertz CT molecular complexity index is 1120. The summed E-state index contributed by atoms with van der Waals surface area (Å²) < 4.78 is 15.0. The lowest BCUT2D eigenvalue weighted by Crippen LogP contribution is -2.50. The molecule has 0 unspecified atom stereocenters. The van der Waals surface area contributed by atoms with E-state index in [1.807, 2.05) is 4.90 Å². The molecule has 144 valence electrons. The highest BCUT2D eigenvalue weighted by Gasteiger charge is 2.26. The van der Waals surface area contributed by atoms with Crippen molar-refractivity contribution in [2.24, 2.45) is 7.05 Å². The third-order valence-corrected chi connectivity index (χ3v) is 5.22. The first-order chi connectivity index (χ1) is 13.5. The van der Waals surface area contributed by atoms with Crippen molar-refractivity contribution >= 4 is 34.4 Å². The van der Waals surface area contributed by atoms with Gasteiger partial charge in [0.2, 0.25) is 0 Å². The minimum absolute atomic E-state index is 0.141. The number of hydrogen-bond donors (Lipinski definition) is 0. The molecule has 0 bridgehead atoms. The lowest BCUT2D eigenvalue weighted by Gasteiger charge is -2.35. The van der Waals surface area contributed by atoms with Crippen LogP contribution >= 0.6 is 11.6 Å². The molecule has 9 heteroatoms. The van der Waals surface area contributed by atoms with Crippen LogP contribution in [-0.2, 0) is 7.05 Å². The summed E-state index contributed by atoms with van der Waals surface area (Å²) >= 11 is 6.04. The lowest BCUT2D eigenvalue weighted by atomic mass is 10.1. The predicted octanol–water partition coefficient (Wildman–Crippen LogP) is 2.08. The molecule has 1 aliphatic heterocycles. The number of benzene rings is 1. The monoisotopic (exact) mass is 401 g/mol. The van der Waals surface area contributed by atoms with Gasteiger partial charge in [0.1, 0.15) is 5.82 Å². The van der Waals surface area contributed by atoms with Gasteiger partial charge in [0, 0.05) is 39.4 Å². The Hall–Kier alpha value is -3.00. The Morgan fingerprint density at radius 1 is 1.18 bits per heavy atom. The van der Waals surface area contributed by atoms with Crippen LogP contribution in [0.3, 0.4) is 0 Å². The van der Waals surface area contributed by atoms with E-state index in [4.69, 9.17) is 11.6 Å². The van der Waals surface area contributed by atoms with Gasteiger partial charge in [-0.2, -0.15) is 0 Å². The smallest absolute Gasteiger partial charge is 0.293 e. The maximum atomic E-state index is 13.5. The number of amides is 1. The number of halogens is 2. The summed E-state index contributed by atoms with van der Waals surface area (Å²) in [6, 6.07) is 5.49. The Labute approximate surface area is 165 Å². The van der Waals surface area contributed by atoms with Crippen LogP contribution in [0, 0.1) is 5.82 Å². The normalized spacial score (nSPS) is 14.5. The number of nitrogens with zero attached hydrogens (tertiary/aromatic N) is 5. The quantitative estimate of drug-likeness (QED) is 0.657. The topological polar surface area (TPSA) is 71.3 Å². The Morgan fingerprint density at radius 3 is 2.68 bits per heavy atom. The minimum Gasteiger partial charge on any atom is -0.348 e. The first-order valence-electron chi connectivity index (χ1n) is 8.76. The van der Waals surface area contributed by atoms with Crippen molar-refractivity contribution in [1.82, 2.24) is 19.4 Å². The van der Waals surface area contributed by atoms with Crippen molar-refractivity contribution in [2.45, 2.75) is 0 Å². The molecule has 1 fully saturated rings. The molecule has 0 spiro atoms. The molecule has 28 heavy (non-hydrogen) atoms. The van der Waals surface area contributed by atoms with Crippen molar-refractivity contribution in [3.63, 3.8) is 0 Å². The van der Waals surface area contributed by atoms with Gasteiger partial charge in [0.15, 0.2) is 5.82 Å². The third kappa shape index (κ3) is 3.20. The van der Waals surface area contributed by atoms with Gasteiger partial charge < -0.3 is 14.4 Å². The van der Waals surface area contributed by atoms with Crippen LogP contribution < -0.4 is 10.5 Å². The van der Waals surface area contributed by atoms with E-state index in [2.05, 4.69) is 9.97 Å². The number of anilines is 1. The molecule has 2 aromatic heterocycles. The maximum absolute atomic E-state index is 13.5. The van der Waals surface area contributed by atoms with Crippen molar-refractivity contribution in [3.8, 4) is 0 Å². The van der Waals surface area contributed by atoms with E-state index in [1.54, 1.807) is 30.4 Å². The van der Waals surface area contributed by atoms with Crippen LogP contribution in [0.25, 0.3) is 11.0 Å². The molecule has 0 saturated carbocycles. The van der Waals surface area contributed by atoms with Crippen LogP contribution in [0.2, 0.25) is 5.02 Å². The van der Waals surface area contributed by atoms with Crippen LogP contribution in [0.15, 0.2) is 41.5 Å². The fraction of sp³-hybridized carbons (Fsp3) is 0.263. The first-order valence-corrected chi connectivity index (χ1v) is 9.13. The summed E-state index contributed by atoms with van der Waals surface area (Å²) in [5, 5.41) is 0.215. The maximum Gasteiger partial charge on any atom is 0.293 e. The molecule has 7 nitrogen and oxygen atoms in total. The molecule has 1 aliphatic rings. The second-order valence-corrected chi connectivity index (χ2v) is 6.97. The third-order valence-electron chi connectivity index (χ3n) is 4.89. The zero-order valence-corrected chi connectivity index (χ0v) is 15.9. The van der Waals surface area contributed by atoms with E-state index in [1.165, 1.54) is 16.7 Å². The fourth-order valence-corrected chi connectivity index (χ4v) is 3.51. The molecule has 0 atom stereocenters. The van der Waals surface area contributed by atoms with E-state index >= 15 is 0 Å². The standard InChI is InChI=1S/C19H17ClFN5O2/c1-24-16-11-22-5-4-15(16)23-17(19(24)28)25-6-8-26(9-7-25)18(27)13-10-12(21)2-3-14(13)20/h2-5,10-11H,6-9H2,1H3. The second kappa shape index (κ2) is 7.20. The van der Waals surface area contributed by atoms with Crippen molar-refractivity contribution < 1.29 is 9.18 Å². The average Bonchev–Trinajstić information content (AvgIpc) is 2.72. The number of carbonyl (C=O) groups excluding carboxylic acids is 1. The van der Waals surface area contributed by atoms with E-state index in [0.717, 1.165) is 6.07 Å². The van der Waals surface area contributed by atoms with E-state index in [-0.39, 0.29) is 22.1 Å². The molecule has 0 N–H and O–H groups in total. The van der Waals surface area contributed by atoms with Crippen LogP contribution in [-0.4, -0.2) is 51.5 Å². The predicted molar refractivity (Wildman–Crippen MR) is 104 cm³/mol. The summed E-state index contributed by atoms with van der Waals surface area (Å²) in [7, 11) is 1.68. The number of piperazine rings is 1. The van der Waals surface area contributed by atoms with Gasteiger partial charge in [0.25, 0.3) is 11.5 Å². The summed E-state index contributed by atoms with van der Waals surface area (Å²) in [4.78, 5) is 37.4. The zero-order chi connectivity index (χ0) is 19.8. The van der Waals surface area contributed by atoms with Gasteiger partial charge in [-0.15, -0.1) is 0 Å². The van der Waals surface area contributed by atoms with Crippen LogP contribution in [0.4, 0.5) is 10.2 Å². The molecule has 1 aromatic carbocycles. The van der Waals surface area contributed by atoms with Crippen molar-refractivity contribution in [3.05, 3.63) is 63.4 Å². The number of fused-ring (bicyclic) bond motifs is 1. The molecule has 0 radical (unpaired) electrons. The summed E-state index contributed by atoms with van der Waals surface area (Å²) in [6.45, 7) is 1.64. The number of hydrogen-bond acceptors (Lipinski definition) is 5.